The number of amides is 1. The summed E-state index contributed by atoms with van der Waals surface area (Å²) in [7, 11) is -3.54. The van der Waals surface area contributed by atoms with Crippen LogP contribution in [0.25, 0.3) is 0 Å². The fourth-order valence-electron chi connectivity index (χ4n) is 3.34. The van der Waals surface area contributed by atoms with Crippen LogP contribution in [0.15, 0.2) is 41.3 Å². The maximum atomic E-state index is 13.8. The number of rotatable bonds is 5. The van der Waals surface area contributed by atoms with Crippen molar-refractivity contribution in [1.82, 2.24) is 4.31 Å². The zero-order valence-corrected chi connectivity index (χ0v) is 16.5. The molecule has 1 aliphatic heterocycles. The van der Waals surface area contributed by atoms with Crippen LogP contribution in [0.4, 0.5) is 10.1 Å². The van der Waals surface area contributed by atoms with E-state index in [1.807, 2.05) is 0 Å². The third-order valence-corrected chi connectivity index (χ3v) is 7.00. The fraction of sp³-hybridized carbons (Fsp3) is 0.350. The molecule has 27 heavy (non-hydrogen) atoms. The number of carbonyl (C=O) groups is 1. The molecule has 0 aromatic heterocycles. The Labute approximate surface area is 159 Å². The first-order chi connectivity index (χ1) is 12.8. The molecule has 0 saturated carbocycles. The van der Waals surface area contributed by atoms with E-state index in [0.717, 1.165) is 5.56 Å². The van der Waals surface area contributed by atoms with E-state index < -0.39 is 15.8 Å². The Hall–Kier alpha value is -2.25. The van der Waals surface area contributed by atoms with Gasteiger partial charge in [0, 0.05) is 30.9 Å². The van der Waals surface area contributed by atoms with E-state index in [2.05, 4.69) is 0 Å². The van der Waals surface area contributed by atoms with Crippen molar-refractivity contribution < 1.29 is 17.6 Å². The van der Waals surface area contributed by atoms with Gasteiger partial charge in [0.15, 0.2) is 0 Å². The lowest BCUT2D eigenvalue weighted by Gasteiger charge is -2.20. The summed E-state index contributed by atoms with van der Waals surface area (Å²) in [6.45, 7) is 6.50. The minimum Gasteiger partial charge on any atom is -0.308 e. The predicted molar refractivity (Wildman–Crippen MR) is 103 cm³/mol. The minimum absolute atomic E-state index is 0.237. The molecule has 0 N–H and O–H groups in total. The molecular formula is C20H23FN2O3S. The predicted octanol–water partition coefficient (Wildman–Crippen LogP) is 3.37. The van der Waals surface area contributed by atoms with Crippen LogP contribution in [0.3, 0.4) is 0 Å². The third-order valence-electron chi connectivity index (χ3n) is 4.95. The van der Waals surface area contributed by atoms with Gasteiger partial charge in [-0.2, -0.15) is 4.31 Å². The first-order valence-corrected chi connectivity index (χ1v) is 10.4. The van der Waals surface area contributed by atoms with Gasteiger partial charge in [-0.1, -0.05) is 19.9 Å². The van der Waals surface area contributed by atoms with Gasteiger partial charge in [-0.25, -0.2) is 12.8 Å². The highest BCUT2D eigenvalue weighted by Gasteiger charge is 2.29. The molecule has 0 fully saturated rings. The van der Waals surface area contributed by atoms with Crippen molar-refractivity contribution in [3.05, 3.63) is 58.9 Å². The zero-order valence-electron chi connectivity index (χ0n) is 15.7. The molecule has 2 aromatic rings. The summed E-state index contributed by atoms with van der Waals surface area (Å²) in [5.41, 5.74) is 2.26. The molecule has 5 nitrogen and oxygen atoms in total. The SMILES string of the molecule is CCN(CC)S(=O)(=O)c1ccc2c(c1)CCN2C(=O)c1ccc(C)c(F)c1. The Morgan fingerprint density at radius 1 is 1.15 bits per heavy atom. The molecule has 2 aromatic carbocycles. The van der Waals surface area contributed by atoms with Crippen molar-refractivity contribution in [2.24, 2.45) is 0 Å². The second-order valence-corrected chi connectivity index (χ2v) is 8.49. The van der Waals surface area contributed by atoms with E-state index in [0.29, 0.717) is 37.3 Å². The minimum atomic E-state index is -3.54. The van der Waals surface area contributed by atoms with Crippen molar-refractivity contribution >= 4 is 21.6 Å². The molecule has 0 spiro atoms. The number of sulfonamides is 1. The Kier molecular flexibility index (Phi) is 5.35. The first kappa shape index (κ1) is 19.5. The number of hydrogen-bond donors (Lipinski definition) is 0. The lowest BCUT2D eigenvalue weighted by atomic mass is 10.1. The summed E-state index contributed by atoms with van der Waals surface area (Å²) in [4.78, 5) is 14.6. The van der Waals surface area contributed by atoms with Crippen molar-refractivity contribution in [3.63, 3.8) is 0 Å². The van der Waals surface area contributed by atoms with E-state index in [9.17, 15) is 17.6 Å². The maximum absolute atomic E-state index is 13.8. The second kappa shape index (κ2) is 7.40. The van der Waals surface area contributed by atoms with Crippen LogP contribution in [0.5, 0.6) is 0 Å². The third kappa shape index (κ3) is 3.49. The molecule has 3 rings (SSSR count). The summed E-state index contributed by atoms with van der Waals surface area (Å²) in [6.07, 6.45) is 0.566. The van der Waals surface area contributed by atoms with Crippen LogP contribution >= 0.6 is 0 Å². The molecule has 0 saturated heterocycles. The lowest BCUT2D eigenvalue weighted by Crippen LogP contribution is -2.30. The lowest BCUT2D eigenvalue weighted by molar-refractivity contribution is 0.0989. The van der Waals surface area contributed by atoms with Crippen LogP contribution in [0, 0.1) is 12.7 Å². The molecule has 1 amide bonds. The van der Waals surface area contributed by atoms with Crippen molar-refractivity contribution in [2.45, 2.75) is 32.1 Å². The van der Waals surface area contributed by atoms with E-state index in [-0.39, 0.29) is 16.4 Å². The van der Waals surface area contributed by atoms with Gasteiger partial charge in [0.05, 0.1) is 4.90 Å². The summed E-state index contributed by atoms with van der Waals surface area (Å²) in [6, 6.07) is 9.28. The van der Waals surface area contributed by atoms with Crippen molar-refractivity contribution in [2.75, 3.05) is 24.5 Å². The van der Waals surface area contributed by atoms with Crippen LogP contribution in [0.1, 0.15) is 35.3 Å². The van der Waals surface area contributed by atoms with Crippen LogP contribution in [-0.4, -0.2) is 38.3 Å². The van der Waals surface area contributed by atoms with Gasteiger partial charge in [0.2, 0.25) is 10.0 Å². The molecule has 0 radical (unpaired) electrons. The van der Waals surface area contributed by atoms with E-state index in [4.69, 9.17) is 0 Å². The van der Waals surface area contributed by atoms with Gasteiger partial charge in [-0.05, 0) is 54.8 Å². The van der Waals surface area contributed by atoms with E-state index in [1.165, 1.54) is 16.4 Å². The Bertz CT molecular complexity index is 985. The van der Waals surface area contributed by atoms with Crippen LogP contribution < -0.4 is 4.90 Å². The molecule has 1 heterocycles. The Balaban J connectivity index is 1.92. The maximum Gasteiger partial charge on any atom is 0.258 e. The molecule has 7 heteroatoms. The molecule has 0 atom stereocenters. The summed E-state index contributed by atoms with van der Waals surface area (Å²) in [5.74, 6) is -0.701. The highest BCUT2D eigenvalue weighted by Crippen LogP contribution is 2.32. The van der Waals surface area contributed by atoms with Crippen LogP contribution in [-0.2, 0) is 16.4 Å². The Morgan fingerprint density at radius 2 is 1.85 bits per heavy atom. The summed E-state index contributed by atoms with van der Waals surface area (Å²) in [5, 5.41) is 0. The molecule has 144 valence electrons. The second-order valence-electron chi connectivity index (χ2n) is 6.55. The largest absolute Gasteiger partial charge is 0.308 e. The van der Waals surface area contributed by atoms with Gasteiger partial charge < -0.3 is 4.90 Å². The number of nitrogens with zero attached hydrogens (tertiary/aromatic N) is 2. The van der Waals surface area contributed by atoms with Crippen LogP contribution in [0.2, 0.25) is 0 Å². The zero-order chi connectivity index (χ0) is 19.8. The van der Waals surface area contributed by atoms with E-state index in [1.54, 1.807) is 49.9 Å². The number of carbonyl (C=O) groups excluding carboxylic acids is 1. The number of hydrogen-bond acceptors (Lipinski definition) is 3. The first-order valence-electron chi connectivity index (χ1n) is 9.00. The smallest absolute Gasteiger partial charge is 0.258 e. The average molecular weight is 390 g/mol. The normalized spacial score (nSPS) is 13.9. The standard InChI is InChI=1S/C20H23FN2O3S/c1-4-22(5-2)27(25,26)17-8-9-19-15(12-17)10-11-23(19)20(24)16-7-6-14(3)18(21)13-16/h6-9,12-13H,4-5,10-11H2,1-3H3. The van der Waals surface area contributed by atoms with Gasteiger partial charge >= 0.3 is 0 Å². The van der Waals surface area contributed by atoms with Gasteiger partial charge in [-0.3, -0.25) is 4.79 Å². The van der Waals surface area contributed by atoms with Crippen molar-refractivity contribution in [1.29, 1.82) is 0 Å². The van der Waals surface area contributed by atoms with Gasteiger partial charge in [0.1, 0.15) is 5.82 Å². The van der Waals surface area contributed by atoms with Gasteiger partial charge in [-0.15, -0.1) is 0 Å². The van der Waals surface area contributed by atoms with Gasteiger partial charge in [0.25, 0.3) is 5.91 Å². The molecule has 1 aliphatic rings. The van der Waals surface area contributed by atoms with Crippen molar-refractivity contribution in [3.8, 4) is 0 Å². The summed E-state index contributed by atoms with van der Waals surface area (Å²) >= 11 is 0. The Morgan fingerprint density at radius 3 is 2.48 bits per heavy atom. The molecule has 0 aliphatic carbocycles. The quantitative estimate of drug-likeness (QED) is 0.787. The number of anilines is 1. The highest BCUT2D eigenvalue weighted by molar-refractivity contribution is 7.89. The summed E-state index contributed by atoms with van der Waals surface area (Å²) < 4.78 is 40.6. The van der Waals surface area contributed by atoms with E-state index >= 15 is 0 Å². The molecule has 0 bridgehead atoms. The number of benzene rings is 2. The topological polar surface area (TPSA) is 57.7 Å². The number of aryl methyl sites for hydroxylation is 1. The average Bonchev–Trinajstić information content (AvgIpc) is 3.07. The molecular weight excluding hydrogens is 367 g/mol. The monoisotopic (exact) mass is 390 g/mol. The fourth-order valence-corrected chi connectivity index (χ4v) is 4.85. The highest BCUT2D eigenvalue weighted by atomic mass is 32.2. The number of fused-ring (bicyclic) bond motifs is 1. The molecule has 0 unspecified atom stereocenters. The number of halogens is 1.